The summed E-state index contributed by atoms with van der Waals surface area (Å²) in [5, 5.41) is 0. The molecule has 1 saturated heterocycles. The van der Waals surface area contributed by atoms with E-state index in [0.717, 1.165) is 0 Å². The number of hydrogen-bond donors (Lipinski definition) is 1. The summed E-state index contributed by atoms with van der Waals surface area (Å²) in [6.45, 7) is -1.26. The molecule has 0 aliphatic carbocycles. The molecule has 0 aromatic rings. The molecular formula is C10H18F3NO3S. The fourth-order valence-electron chi connectivity index (χ4n) is 2.01. The first kappa shape index (κ1) is 15.7. The maximum absolute atomic E-state index is 11.8. The van der Waals surface area contributed by atoms with E-state index < -0.39 is 22.6 Å². The van der Waals surface area contributed by atoms with Crippen molar-refractivity contribution in [3.05, 3.63) is 0 Å². The lowest BCUT2D eigenvalue weighted by Crippen LogP contribution is -2.31. The van der Waals surface area contributed by atoms with Gasteiger partial charge in [-0.15, -0.1) is 0 Å². The van der Waals surface area contributed by atoms with Crippen LogP contribution in [-0.4, -0.2) is 45.4 Å². The average Bonchev–Trinajstić information content (AvgIpc) is 2.56. The quantitative estimate of drug-likeness (QED) is 0.744. The first-order valence-electron chi connectivity index (χ1n) is 5.80. The number of ether oxygens (including phenoxy) is 1. The zero-order valence-corrected chi connectivity index (χ0v) is 10.8. The number of alkyl halides is 3. The highest BCUT2D eigenvalue weighted by molar-refractivity contribution is 7.91. The van der Waals surface area contributed by atoms with Crippen LogP contribution in [0.5, 0.6) is 0 Å². The predicted octanol–water partition coefficient (Wildman–Crippen LogP) is 1.11. The number of rotatable bonds is 6. The zero-order chi connectivity index (χ0) is 13.8. The molecule has 0 amide bonds. The SMILES string of the molecule is NC(CCCOCC(F)(F)F)C1CCS(=O)(=O)C1. The molecule has 18 heavy (non-hydrogen) atoms. The van der Waals surface area contributed by atoms with Gasteiger partial charge in [0, 0.05) is 12.6 Å². The molecule has 0 spiro atoms. The van der Waals surface area contributed by atoms with Crippen molar-refractivity contribution in [3.63, 3.8) is 0 Å². The monoisotopic (exact) mass is 289 g/mol. The zero-order valence-electron chi connectivity index (χ0n) is 9.95. The Morgan fingerprint density at radius 2 is 2.06 bits per heavy atom. The lowest BCUT2D eigenvalue weighted by atomic mass is 9.96. The Hall–Kier alpha value is -0.340. The van der Waals surface area contributed by atoms with Gasteiger partial charge in [0.1, 0.15) is 6.61 Å². The molecule has 4 nitrogen and oxygen atoms in total. The topological polar surface area (TPSA) is 69.4 Å². The first-order valence-corrected chi connectivity index (χ1v) is 7.62. The minimum atomic E-state index is -4.30. The van der Waals surface area contributed by atoms with Crippen molar-refractivity contribution in [1.82, 2.24) is 0 Å². The molecule has 1 heterocycles. The number of nitrogens with two attached hydrogens (primary N) is 1. The van der Waals surface area contributed by atoms with E-state index in [4.69, 9.17) is 5.73 Å². The molecule has 1 rings (SSSR count). The highest BCUT2D eigenvalue weighted by Gasteiger charge is 2.31. The van der Waals surface area contributed by atoms with Crippen molar-refractivity contribution in [2.24, 2.45) is 11.7 Å². The van der Waals surface area contributed by atoms with Gasteiger partial charge in [-0.25, -0.2) is 8.42 Å². The summed E-state index contributed by atoms with van der Waals surface area (Å²) in [6, 6.07) is -0.281. The second-order valence-electron chi connectivity index (χ2n) is 4.64. The number of sulfone groups is 1. The molecule has 2 atom stereocenters. The van der Waals surface area contributed by atoms with Crippen molar-refractivity contribution in [2.45, 2.75) is 31.5 Å². The van der Waals surface area contributed by atoms with Gasteiger partial charge in [0.15, 0.2) is 9.84 Å². The van der Waals surface area contributed by atoms with Crippen LogP contribution in [0.15, 0.2) is 0 Å². The Bertz CT molecular complexity index is 356. The third-order valence-corrected chi connectivity index (χ3v) is 4.76. The summed E-state index contributed by atoms with van der Waals surface area (Å²) < 4.78 is 62.2. The van der Waals surface area contributed by atoms with Crippen LogP contribution in [-0.2, 0) is 14.6 Å². The van der Waals surface area contributed by atoms with Crippen LogP contribution in [0.1, 0.15) is 19.3 Å². The largest absolute Gasteiger partial charge is 0.411 e. The van der Waals surface area contributed by atoms with Gasteiger partial charge in [-0.1, -0.05) is 0 Å². The van der Waals surface area contributed by atoms with E-state index >= 15 is 0 Å². The highest BCUT2D eigenvalue weighted by Crippen LogP contribution is 2.23. The molecular weight excluding hydrogens is 271 g/mol. The summed E-state index contributed by atoms with van der Waals surface area (Å²) in [5.74, 6) is 0.186. The molecule has 2 unspecified atom stereocenters. The van der Waals surface area contributed by atoms with Crippen molar-refractivity contribution in [2.75, 3.05) is 24.7 Å². The number of halogens is 3. The lowest BCUT2D eigenvalue weighted by molar-refractivity contribution is -0.174. The maximum atomic E-state index is 11.8. The van der Waals surface area contributed by atoms with Crippen molar-refractivity contribution in [3.8, 4) is 0 Å². The van der Waals surface area contributed by atoms with Gasteiger partial charge in [0.25, 0.3) is 0 Å². The third-order valence-electron chi connectivity index (χ3n) is 2.97. The van der Waals surface area contributed by atoms with Crippen molar-refractivity contribution in [1.29, 1.82) is 0 Å². The van der Waals surface area contributed by atoms with E-state index in [2.05, 4.69) is 4.74 Å². The van der Waals surface area contributed by atoms with Crippen LogP contribution >= 0.6 is 0 Å². The fourth-order valence-corrected chi connectivity index (χ4v) is 3.90. The molecule has 108 valence electrons. The van der Waals surface area contributed by atoms with Gasteiger partial charge in [-0.05, 0) is 25.2 Å². The molecule has 1 aliphatic heterocycles. The van der Waals surface area contributed by atoms with E-state index in [1.807, 2.05) is 0 Å². The molecule has 0 aromatic heterocycles. The molecule has 1 fully saturated rings. The maximum Gasteiger partial charge on any atom is 0.411 e. The van der Waals surface area contributed by atoms with Gasteiger partial charge in [0.2, 0.25) is 0 Å². The lowest BCUT2D eigenvalue weighted by Gasteiger charge is -2.17. The van der Waals surface area contributed by atoms with Crippen molar-refractivity contribution >= 4 is 9.84 Å². The Morgan fingerprint density at radius 3 is 2.56 bits per heavy atom. The van der Waals surface area contributed by atoms with Crippen molar-refractivity contribution < 1.29 is 26.3 Å². The third kappa shape index (κ3) is 6.01. The molecule has 0 radical (unpaired) electrons. The fraction of sp³-hybridized carbons (Fsp3) is 1.00. The van der Waals surface area contributed by atoms with Gasteiger partial charge >= 0.3 is 6.18 Å². The summed E-state index contributed by atoms with van der Waals surface area (Å²) in [5.41, 5.74) is 5.83. The normalized spacial score (nSPS) is 25.2. The predicted molar refractivity (Wildman–Crippen MR) is 60.8 cm³/mol. The van der Waals surface area contributed by atoms with Crippen LogP contribution in [0.2, 0.25) is 0 Å². The average molecular weight is 289 g/mol. The second-order valence-corrected chi connectivity index (χ2v) is 6.87. The Morgan fingerprint density at radius 1 is 1.39 bits per heavy atom. The molecule has 0 bridgehead atoms. The van der Waals surface area contributed by atoms with Gasteiger partial charge in [-0.3, -0.25) is 0 Å². The van der Waals surface area contributed by atoms with Gasteiger partial charge in [-0.2, -0.15) is 13.2 Å². The summed E-state index contributed by atoms with van der Waals surface area (Å²) in [7, 11) is -2.96. The molecule has 8 heteroatoms. The summed E-state index contributed by atoms with van der Waals surface area (Å²) in [6.07, 6.45) is -2.86. The molecule has 0 aromatic carbocycles. The van der Waals surface area contributed by atoms with Gasteiger partial charge in [0.05, 0.1) is 11.5 Å². The Labute approximate surface area is 105 Å². The first-order chi connectivity index (χ1) is 8.20. The van der Waals surface area contributed by atoms with E-state index in [1.165, 1.54) is 0 Å². The van der Waals surface area contributed by atoms with Crippen LogP contribution in [0, 0.1) is 5.92 Å². The van der Waals surface area contributed by atoms with Crippen LogP contribution in [0.4, 0.5) is 13.2 Å². The second kappa shape index (κ2) is 6.21. The summed E-state index contributed by atoms with van der Waals surface area (Å²) in [4.78, 5) is 0. The van der Waals surface area contributed by atoms with E-state index in [-0.39, 0.29) is 30.1 Å². The summed E-state index contributed by atoms with van der Waals surface area (Å²) >= 11 is 0. The highest BCUT2D eigenvalue weighted by atomic mass is 32.2. The molecule has 1 aliphatic rings. The standard InChI is InChI=1S/C10H18F3NO3S/c11-10(12,13)7-17-4-1-2-9(14)8-3-5-18(15,16)6-8/h8-9H,1-7,14H2. The number of hydrogen-bond acceptors (Lipinski definition) is 4. The van der Waals surface area contributed by atoms with E-state index in [0.29, 0.717) is 19.3 Å². The van der Waals surface area contributed by atoms with E-state index in [9.17, 15) is 21.6 Å². The van der Waals surface area contributed by atoms with Crippen LogP contribution in [0.25, 0.3) is 0 Å². The minimum absolute atomic E-state index is 0.00726. The van der Waals surface area contributed by atoms with Crippen LogP contribution in [0.3, 0.4) is 0 Å². The van der Waals surface area contributed by atoms with Gasteiger partial charge < -0.3 is 10.5 Å². The molecule has 0 saturated carbocycles. The van der Waals surface area contributed by atoms with Crippen LogP contribution < -0.4 is 5.73 Å². The van der Waals surface area contributed by atoms with E-state index in [1.54, 1.807) is 0 Å². The smallest absolute Gasteiger partial charge is 0.372 e. The Kier molecular flexibility index (Phi) is 5.42. The molecule has 2 N–H and O–H groups in total. The minimum Gasteiger partial charge on any atom is -0.372 e. The Balaban J connectivity index is 2.13.